The van der Waals surface area contributed by atoms with Crippen molar-refractivity contribution in [2.45, 2.75) is 18.6 Å². The summed E-state index contributed by atoms with van der Waals surface area (Å²) in [5.41, 5.74) is 8.10. The summed E-state index contributed by atoms with van der Waals surface area (Å²) >= 11 is 0. The number of hydrogen-bond donors (Lipinski definition) is 2. The van der Waals surface area contributed by atoms with Crippen LogP contribution in [0.1, 0.15) is 33.2 Å². The second-order valence-electron chi connectivity index (χ2n) is 7.09. The van der Waals surface area contributed by atoms with Crippen LogP contribution in [0.5, 0.6) is 0 Å². The summed E-state index contributed by atoms with van der Waals surface area (Å²) in [6.45, 7) is 0. The lowest BCUT2D eigenvalue weighted by molar-refractivity contribution is -0.134. The molecule has 6 heteroatoms. The number of carbonyl (C=O) groups is 3. The summed E-state index contributed by atoms with van der Waals surface area (Å²) in [5, 5.41) is 2.67. The first-order valence-electron chi connectivity index (χ1n) is 9.85. The summed E-state index contributed by atoms with van der Waals surface area (Å²) in [6.07, 6.45) is -0.652. The molecule has 0 aliphatic heterocycles. The van der Waals surface area contributed by atoms with Gasteiger partial charge in [-0.05, 0) is 11.1 Å². The third-order valence-electron chi connectivity index (χ3n) is 4.93. The predicted octanol–water partition coefficient (Wildman–Crippen LogP) is 2.82. The molecule has 0 saturated heterocycles. The third kappa shape index (κ3) is 5.65. The van der Waals surface area contributed by atoms with E-state index in [9.17, 15) is 14.4 Å². The van der Waals surface area contributed by atoms with Crippen molar-refractivity contribution in [3.8, 4) is 0 Å². The molecule has 3 aromatic carbocycles. The number of amides is 2. The van der Waals surface area contributed by atoms with Crippen LogP contribution >= 0.6 is 0 Å². The summed E-state index contributed by atoms with van der Waals surface area (Å²) in [7, 11) is 1.43. The lowest BCUT2D eigenvalue weighted by Crippen LogP contribution is -2.47. The Morgan fingerprint density at radius 1 is 0.839 bits per heavy atom. The van der Waals surface area contributed by atoms with E-state index in [0.29, 0.717) is 16.7 Å². The number of nitrogens with one attached hydrogen (secondary N) is 1. The minimum Gasteiger partial charge on any atom is -0.368 e. The number of benzene rings is 3. The Kier molecular flexibility index (Phi) is 7.30. The third-order valence-corrected chi connectivity index (χ3v) is 4.93. The van der Waals surface area contributed by atoms with Crippen LogP contribution in [-0.4, -0.2) is 30.7 Å². The molecule has 6 nitrogen and oxygen atoms in total. The first-order valence-corrected chi connectivity index (χ1v) is 9.85. The number of primary amides is 1. The number of carbonyl (C=O) groups excluding carboxylic acids is 3. The van der Waals surface area contributed by atoms with E-state index in [2.05, 4.69) is 5.32 Å². The van der Waals surface area contributed by atoms with Gasteiger partial charge in [-0.3, -0.25) is 14.4 Å². The number of ketones is 1. The van der Waals surface area contributed by atoms with E-state index in [1.165, 1.54) is 7.11 Å². The molecule has 0 unspecified atom stereocenters. The SMILES string of the molecule is CO[C@@H](C(=O)N[C@H](Cc1ccc(C(=O)c2ccccc2)cc1)C(N)=O)c1ccccc1. The van der Waals surface area contributed by atoms with Crippen molar-refractivity contribution < 1.29 is 19.1 Å². The normalized spacial score (nSPS) is 12.5. The van der Waals surface area contributed by atoms with Gasteiger partial charge in [-0.1, -0.05) is 84.9 Å². The average Bonchev–Trinajstić information content (AvgIpc) is 2.80. The smallest absolute Gasteiger partial charge is 0.254 e. The molecular formula is C25H24N2O4. The number of methoxy groups -OCH3 is 1. The molecule has 0 spiro atoms. The minimum absolute atomic E-state index is 0.0855. The van der Waals surface area contributed by atoms with Crippen molar-refractivity contribution in [3.63, 3.8) is 0 Å². The zero-order valence-electron chi connectivity index (χ0n) is 17.2. The van der Waals surface area contributed by atoms with Crippen LogP contribution in [0.4, 0.5) is 0 Å². The van der Waals surface area contributed by atoms with Gasteiger partial charge in [-0.15, -0.1) is 0 Å². The van der Waals surface area contributed by atoms with Gasteiger partial charge in [-0.25, -0.2) is 0 Å². The Bertz CT molecular complexity index is 1030. The Labute approximate surface area is 181 Å². The topological polar surface area (TPSA) is 98.5 Å². The van der Waals surface area contributed by atoms with Crippen molar-refractivity contribution in [2.24, 2.45) is 5.73 Å². The molecule has 3 rings (SSSR count). The van der Waals surface area contributed by atoms with E-state index >= 15 is 0 Å². The van der Waals surface area contributed by atoms with Gasteiger partial charge in [0, 0.05) is 24.7 Å². The zero-order valence-corrected chi connectivity index (χ0v) is 17.2. The monoisotopic (exact) mass is 416 g/mol. The fraction of sp³-hybridized carbons (Fsp3) is 0.160. The van der Waals surface area contributed by atoms with Crippen LogP contribution < -0.4 is 11.1 Å². The summed E-state index contributed by atoms with van der Waals surface area (Å²) in [5.74, 6) is -1.19. The minimum atomic E-state index is -0.912. The largest absolute Gasteiger partial charge is 0.368 e. The van der Waals surface area contributed by atoms with Crippen LogP contribution in [0, 0.1) is 0 Å². The lowest BCUT2D eigenvalue weighted by Gasteiger charge is -2.20. The molecule has 0 heterocycles. The maximum atomic E-state index is 12.7. The standard InChI is InChI=1S/C25H24N2O4/c1-31-23(20-10-6-3-7-11-20)25(30)27-21(24(26)29)16-17-12-14-19(15-13-17)22(28)18-8-4-2-5-9-18/h2-15,21,23H,16H2,1H3,(H2,26,29)(H,27,30)/t21-,23-/m1/s1. The first-order chi connectivity index (χ1) is 15.0. The molecule has 0 aliphatic carbocycles. The molecule has 0 saturated carbocycles. The van der Waals surface area contributed by atoms with Crippen molar-refractivity contribution in [2.75, 3.05) is 7.11 Å². The van der Waals surface area contributed by atoms with Crippen molar-refractivity contribution in [1.82, 2.24) is 5.32 Å². The van der Waals surface area contributed by atoms with Crippen molar-refractivity contribution in [3.05, 3.63) is 107 Å². The van der Waals surface area contributed by atoms with Crippen LogP contribution in [0.25, 0.3) is 0 Å². The van der Waals surface area contributed by atoms with Gasteiger partial charge in [0.25, 0.3) is 5.91 Å². The second-order valence-corrected chi connectivity index (χ2v) is 7.09. The highest BCUT2D eigenvalue weighted by Gasteiger charge is 2.25. The van der Waals surface area contributed by atoms with Crippen molar-refractivity contribution >= 4 is 17.6 Å². The Balaban J connectivity index is 1.69. The van der Waals surface area contributed by atoms with Gasteiger partial charge < -0.3 is 15.8 Å². The quantitative estimate of drug-likeness (QED) is 0.524. The molecular weight excluding hydrogens is 392 g/mol. The van der Waals surface area contributed by atoms with E-state index < -0.39 is 24.0 Å². The Morgan fingerprint density at radius 2 is 1.39 bits per heavy atom. The van der Waals surface area contributed by atoms with Gasteiger partial charge in [-0.2, -0.15) is 0 Å². The van der Waals surface area contributed by atoms with Gasteiger partial charge in [0.05, 0.1) is 0 Å². The molecule has 0 aliphatic rings. The molecule has 3 N–H and O–H groups in total. The van der Waals surface area contributed by atoms with Gasteiger partial charge in [0.1, 0.15) is 6.04 Å². The highest BCUT2D eigenvalue weighted by Crippen LogP contribution is 2.17. The van der Waals surface area contributed by atoms with E-state index in [1.54, 1.807) is 60.7 Å². The highest BCUT2D eigenvalue weighted by molar-refractivity contribution is 6.08. The lowest BCUT2D eigenvalue weighted by atomic mass is 9.99. The molecule has 0 bridgehead atoms. The van der Waals surface area contributed by atoms with E-state index in [0.717, 1.165) is 5.56 Å². The van der Waals surface area contributed by atoms with E-state index in [4.69, 9.17) is 10.5 Å². The molecule has 31 heavy (non-hydrogen) atoms. The molecule has 2 atom stereocenters. The number of ether oxygens (including phenoxy) is 1. The van der Waals surface area contributed by atoms with Crippen LogP contribution in [0.2, 0.25) is 0 Å². The van der Waals surface area contributed by atoms with Gasteiger partial charge >= 0.3 is 0 Å². The first kappa shape index (κ1) is 21.9. The maximum Gasteiger partial charge on any atom is 0.254 e. The molecule has 0 aromatic heterocycles. The molecule has 3 aromatic rings. The fourth-order valence-corrected chi connectivity index (χ4v) is 3.28. The molecule has 0 radical (unpaired) electrons. The average molecular weight is 416 g/mol. The molecule has 158 valence electrons. The zero-order chi connectivity index (χ0) is 22.2. The van der Waals surface area contributed by atoms with Crippen LogP contribution in [0.3, 0.4) is 0 Å². The Hall–Kier alpha value is -3.77. The second kappa shape index (κ2) is 10.3. The summed E-state index contributed by atoms with van der Waals surface area (Å²) < 4.78 is 5.31. The van der Waals surface area contributed by atoms with E-state index in [1.807, 2.05) is 24.3 Å². The van der Waals surface area contributed by atoms with E-state index in [-0.39, 0.29) is 12.2 Å². The van der Waals surface area contributed by atoms with Crippen LogP contribution in [0.15, 0.2) is 84.9 Å². The maximum absolute atomic E-state index is 12.7. The number of rotatable bonds is 9. The summed E-state index contributed by atoms with van der Waals surface area (Å²) in [4.78, 5) is 37.2. The molecule has 0 fully saturated rings. The highest BCUT2D eigenvalue weighted by atomic mass is 16.5. The number of nitrogens with two attached hydrogens (primary N) is 1. The summed E-state index contributed by atoms with van der Waals surface area (Å²) in [6, 6.07) is 24.0. The van der Waals surface area contributed by atoms with Gasteiger partial charge in [0.15, 0.2) is 11.9 Å². The Morgan fingerprint density at radius 3 is 1.94 bits per heavy atom. The van der Waals surface area contributed by atoms with Gasteiger partial charge in [0.2, 0.25) is 5.91 Å². The fourth-order valence-electron chi connectivity index (χ4n) is 3.28. The molecule has 2 amide bonds. The predicted molar refractivity (Wildman–Crippen MR) is 117 cm³/mol. The van der Waals surface area contributed by atoms with Crippen LogP contribution in [-0.2, 0) is 20.7 Å². The van der Waals surface area contributed by atoms with Crippen molar-refractivity contribution in [1.29, 1.82) is 0 Å². The number of hydrogen-bond acceptors (Lipinski definition) is 4.